The Morgan fingerprint density at radius 2 is 1.98 bits per heavy atom. The van der Waals surface area contributed by atoms with Gasteiger partial charge in [0.15, 0.2) is 0 Å². The molecule has 0 saturated carbocycles. The Morgan fingerprint density at radius 3 is 2.65 bits per heavy atom. The monoisotopic (exact) mass is 568 g/mol. The summed E-state index contributed by atoms with van der Waals surface area (Å²) in [5.41, 5.74) is 0.531. The minimum atomic E-state index is -0.714. The lowest BCUT2D eigenvalue weighted by Gasteiger charge is -2.36. The van der Waals surface area contributed by atoms with Crippen LogP contribution in [-0.4, -0.2) is 71.6 Å². The van der Waals surface area contributed by atoms with E-state index in [2.05, 4.69) is 20.6 Å². The number of hydrogen-bond donors (Lipinski definition) is 2. The Labute approximate surface area is 236 Å². The summed E-state index contributed by atoms with van der Waals surface area (Å²) in [6.07, 6.45) is 4.13. The molecule has 1 aliphatic heterocycles. The van der Waals surface area contributed by atoms with Gasteiger partial charge in [-0.15, -0.1) is 11.3 Å². The molecule has 0 radical (unpaired) electrons. The standard InChI is InChI=1S/C28H33FN6O4S/c1-28(2,3)39-27(38)35(18-7-6-11-30-14-18)23-10-12-31-15-21(23)32-24(36)22-16-40-25(33-22)19-13-17(8-9-20(19)29)26(37)34(4)5/h8-10,12-13,15-16,18,30H,6-7,11,14H2,1-5H3,(H,32,36)/t18-/m0/s1. The maximum absolute atomic E-state index is 14.7. The van der Waals surface area contributed by atoms with Crippen molar-refractivity contribution in [1.29, 1.82) is 0 Å². The first kappa shape index (κ1) is 29.1. The molecule has 3 aromatic rings. The normalized spacial score (nSPS) is 15.3. The van der Waals surface area contributed by atoms with Crippen LogP contribution in [0.25, 0.3) is 10.6 Å². The molecule has 2 N–H and O–H groups in total. The zero-order valence-electron chi connectivity index (χ0n) is 23.2. The molecule has 1 aromatic carbocycles. The van der Waals surface area contributed by atoms with E-state index < -0.39 is 23.4 Å². The molecule has 2 aromatic heterocycles. The first-order valence-corrected chi connectivity index (χ1v) is 13.8. The molecular weight excluding hydrogens is 535 g/mol. The molecule has 0 bridgehead atoms. The molecule has 40 heavy (non-hydrogen) atoms. The smallest absolute Gasteiger partial charge is 0.415 e. The molecule has 1 saturated heterocycles. The zero-order valence-corrected chi connectivity index (χ0v) is 24.0. The number of hydrogen-bond acceptors (Lipinski definition) is 8. The summed E-state index contributed by atoms with van der Waals surface area (Å²) in [7, 11) is 3.22. The third-order valence-corrected chi connectivity index (χ3v) is 6.99. The van der Waals surface area contributed by atoms with Gasteiger partial charge in [-0.3, -0.25) is 19.5 Å². The van der Waals surface area contributed by atoms with Gasteiger partial charge in [0.05, 0.1) is 23.6 Å². The maximum atomic E-state index is 14.7. The van der Waals surface area contributed by atoms with E-state index in [-0.39, 0.29) is 28.2 Å². The molecule has 4 rings (SSSR count). The number of benzene rings is 1. The molecule has 212 valence electrons. The number of ether oxygens (including phenoxy) is 1. The number of nitrogens with zero attached hydrogens (tertiary/aromatic N) is 4. The Morgan fingerprint density at radius 1 is 1.20 bits per heavy atom. The number of carbonyl (C=O) groups is 3. The number of halogens is 1. The summed E-state index contributed by atoms with van der Waals surface area (Å²) in [5, 5.41) is 7.89. The number of pyridine rings is 1. The second-order valence-corrected chi connectivity index (χ2v) is 11.5. The van der Waals surface area contributed by atoms with Crippen LogP contribution in [0, 0.1) is 5.82 Å². The highest BCUT2D eigenvalue weighted by atomic mass is 32.1. The molecule has 1 atom stereocenters. The Kier molecular flexibility index (Phi) is 8.79. The first-order chi connectivity index (χ1) is 18.9. The molecule has 3 heterocycles. The van der Waals surface area contributed by atoms with E-state index >= 15 is 0 Å². The molecule has 0 aliphatic carbocycles. The van der Waals surface area contributed by atoms with Crippen molar-refractivity contribution in [3.8, 4) is 10.6 Å². The van der Waals surface area contributed by atoms with Crippen molar-refractivity contribution < 1.29 is 23.5 Å². The predicted molar refractivity (Wildman–Crippen MR) is 152 cm³/mol. The predicted octanol–water partition coefficient (Wildman–Crippen LogP) is 4.79. The maximum Gasteiger partial charge on any atom is 0.415 e. The summed E-state index contributed by atoms with van der Waals surface area (Å²) in [6, 6.07) is 5.51. The van der Waals surface area contributed by atoms with Crippen LogP contribution < -0.4 is 15.5 Å². The van der Waals surface area contributed by atoms with Gasteiger partial charge in [0.1, 0.15) is 22.1 Å². The fourth-order valence-corrected chi connectivity index (χ4v) is 5.09. The van der Waals surface area contributed by atoms with Crippen molar-refractivity contribution in [2.75, 3.05) is 37.4 Å². The third kappa shape index (κ3) is 6.80. The second kappa shape index (κ2) is 12.1. The fourth-order valence-electron chi connectivity index (χ4n) is 4.27. The summed E-state index contributed by atoms with van der Waals surface area (Å²) in [4.78, 5) is 50.4. The highest BCUT2D eigenvalue weighted by Gasteiger charge is 2.32. The number of anilines is 2. The minimum Gasteiger partial charge on any atom is -0.443 e. The van der Waals surface area contributed by atoms with Crippen LogP contribution in [0.3, 0.4) is 0 Å². The van der Waals surface area contributed by atoms with Crippen molar-refractivity contribution in [3.05, 3.63) is 59.1 Å². The lowest BCUT2D eigenvalue weighted by molar-refractivity contribution is 0.0560. The van der Waals surface area contributed by atoms with Crippen molar-refractivity contribution in [2.45, 2.75) is 45.3 Å². The number of amides is 3. The first-order valence-electron chi connectivity index (χ1n) is 12.9. The molecule has 0 unspecified atom stereocenters. The van der Waals surface area contributed by atoms with Crippen LogP contribution in [0.15, 0.2) is 42.0 Å². The Bertz CT molecular complexity index is 1400. The lowest BCUT2D eigenvalue weighted by atomic mass is 10.1. The molecule has 10 nitrogen and oxygen atoms in total. The minimum absolute atomic E-state index is 0.0571. The third-order valence-electron chi connectivity index (χ3n) is 6.12. The number of piperidine rings is 1. The van der Waals surface area contributed by atoms with Crippen molar-refractivity contribution in [3.63, 3.8) is 0 Å². The molecule has 0 spiro atoms. The van der Waals surface area contributed by atoms with E-state index in [0.717, 1.165) is 30.7 Å². The van der Waals surface area contributed by atoms with Gasteiger partial charge in [0, 0.05) is 43.3 Å². The molecular formula is C28H33FN6O4S. The summed E-state index contributed by atoms with van der Waals surface area (Å²) in [6.45, 7) is 6.83. The second-order valence-electron chi connectivity index (χ2n) is 10.6. The zero-order chi connectivity index (χ0) is 29.0. The SMILES string of the molecule is CN(C)C(=O)c1ccc(F)c(-c2nc(C(=O)Nc3cnccc3N(C(=O)OC(C)(C)C)[C@H]3CCCNC3)cs2)c1. The van der Waals surface area contributed by atoms with Crippen molar-refractivity contribution >= 4 is 40.6 Å². The largest absolute Gasteiger partial charge is 0.443 e. The van der Waals surface area contributed by atoms with E-state index in [1.807, 2.05) is 0 Å². The van der Waals surface area contributed by atoms with E-state index in [4.69, 9.17) is 4.74 Å². The Hall–Kier alpha value is -3.90. The highest BCUT2D eigenvalue weighted by molar-refractivity contribution is 7.13. The average Bonchev–Trinajstić information content (AvgIpc) is 3.39. The van der Waals surface area contributed by atoms with Crippen molar-refractivity contribution in [1.82, 2.24) is 20.2 Å². The number of nitrogens with one attached hydrogen (secondary N) is 2. The highest BCUT2D eigenvalue weighted by Crippen LogP contribution is 2.32. The van der Waals surface area contributed by atoms with Crippen LogP contribution in [0.1, 0.15) is 54.5 Å². The van der Waals surface area contributed by atoms with Crippen LogP contribution in [-0.2, 0) is 4.74 Å². The van der Waals surface area contributed by atoms with Gasteiger partial charge in [-0.2, -0.15) is 0 Å². The lowest BCUT2D eigenvalue weighted by Crippen LogP contribution is -2.50. The quantitative estimate of drug-likeness (QED) is 0.439. The van der Waals surface area contributed by atoms with E-state index in [9.17, 15) is 18.8 Å². The van der Waals surface area contributed by atoms with Gasteiger partial charge >= 0.3 is 6.09 Å². The van der Waals surface area contributed by atoms with Crippen molar-refractivity contribution in [2.24, 2.45) is 0 Å². The molecule has 3 amide bonds. The summed E-state index contributed by atoms with van der Waals surface area (Å²) < 4.78 is 20.4. The van der Waals surface area contributed by atoms with Gasteiger partial charge in [-0.25, -0.2) is 14.2 Å². The Balaban J connectivity index is 1.61. The van der Waals surface area contributed by atoms with Gasteiger partial charge in [-0.1, -0.05) is 0 Å². The number of rotatable bonds is 6. The van der Waals surface area contributed by atoms with Gasteiger partial charge < -0.3 is 20.3 Å². The van der Waals surface area contributed by atoms with Gasteiger partial charge in [-0.05, 0) is 64.4 Å². The summed E-state index contributed by atoms with van der Waals surface area (Å²) >= 11 is 1.08. The molecule has 1 fully saturated rings. The van der Waals surface area contributed by atoms with E-state index in [0.29, 0.717) is 23.5 Å². The average molecular weight is 569 g/mol. The fraction of sp³-hybridized carbons (Fsp3) is 0.393. The van der Waals surface area contributed by atoms with E-state index in [1.54, 1.807) is 52.0 Å². The van der Waals surface area contributed by atoms with E-state index in [1.165, 1.54) is 34.7 Å². The van der Waals surface area contributed by atoms with Crippen LogP contribution in [0.2, 0.25) is 0 Å². The summed E-state index contributed by atoms with van der Waals surface area (Å²) in [5.74, 6) is -1.38. The topological polar surface area (TPSA) is 117 Å². The van der Waals surface area contributed by atoms with Crippen LogP contribution >= 0.6 is 11.3 Å². The molecule has 12 heteroatoms. The molecule has 1 aliphatic rings. The van der Waals surface area contributed by atoms with Gasteiger partial charge in [0.25, 0.3) is 11.8 Å². The van der Waals surface area contributed by atoms with Crippen LogP contribution in [0.5, 0.6) is 0 Å². The number of aromatic nitrogens is 2. The van der Waals surface area contributed by atoms with Crippen LogP contribution in [0.4, 0.5) is 20.6 Å². The number of thiazole rings is 1. The number of carbonyl (C=O) groups excluding carboxylic acids is 3. The van der Waals surface area contributed by atoms with Gasteiger partial charge in [0.2, 0.25) is 0 Å².